The molecule has 0 aliphatic carbocycles. The number of benzene rings is 1. The lowest BCUT2D eigenvalue weighted by Gasteiger charge is -2.36. The van der Waals surface area contributed by atoms with E-state index in [1.807, 2.05) is 5.01 Å². The number of hydrazine groups is 1. The van der Waals surface area contributed by atoms with Gasteiger partial charge in [-0.25, -0.2) is 14.4 Å². The van der Waals surface area contributed by atoms with Crippen LogP contribution in [0.25, 0.3) is 0 Å². The largest absolute Gasteiger partial charge is 0.273 e. The summed E-state index contributed by atoms with van der Waals surface area (Å²) >= 11 is 0. The number of carbonyl (C=O) groups excluding carboxylic acids is 1. The number of hydrogen-bond acceptors (Lipinski definition) is 2. The average molecular weight is 236 g/mol. The van der Waals surface area contributed by atoms with E-state index in [2.05, 4.69) is 0 Å². The maximum Gasteiger partial charge on any atom is 0.238 e. The van der Waals surface area contributed by atoms with Crippen LogP contribution in [0.15, 0.2) is 24.3 Å². The van der Waals surface area contributed by atoms with Gasteiger partial charge >= 0.3 is 0 Å². The van der Waals surface area contributed by atoms with Crippen molar-refractivity contribution in [3.05, 3.63) is 30.1 Å². The fraction of sp³-hybridized carbons (Fsp3) is 0.462. The zero-order valence-corrected chi connectivity index (χ0v) is 10.0. The van der Waals surface area contributed by atoms with Crippen molar-refractivity contribution in [3.63, 3.8) is 0 Å². The first-order valence-corrected chi connectivity index (χ1v) is 6.00. The zero-order valence-electron chi connectivity index (χ0n) is 10.0. The Morgan fingerprint density at radius 2 is 1.88 bits per heavy atom. The van der Waals surface area contributed by atoms with Gasteiger partial charge in [0, 0.05) is 20.0 Å². The predicted molar refractivity (Wildman–Crippen MR) is 65.0 cm³/mol. The van der Waals surface area contributed by atoms with Gasteiger partial charge in [-0.2, -0.15) is 0 Å². The Labute approximate surface area is 101 Å². The molecular weight excluding hydrogens is 219 g/mol. The third-order valence-corrected chi connectivity index (χ3v) is 2.99. The van der Waals surface area contributed by atoms with Gasteiger partial charge in [0.05, 0.1) is 5.69 Å². The van der Waals surface area contributed by atoms with Gasteiger partial charge in [-0.3, -0.25) is 4.79 Å². The Balaban J connectivity index is 2.28. The molecule has 1 aromatic carbocycles. The molecule has 1 aliphatic heterocycles. The Morgan fingerprint density at radius 1 is 1.24 bits per heavy atom. The molecule has 1 aromatic rings. The molecule has 0 unspecified atom stereocenters. The van der Waals surface area contributed by atoms with Gasteiger partial charge < -0.3 is 0 Å². The van der Waals surface area contributed by atoms with Gasteiger partial charge in [0.15, 0.2) is 0 Å². The summed E-state index contributed by atoms with van der Waals surface area (Å²) in [6.07, 6.45) is 3.29. The van der Waals surface area contributed by atoms with Crippen molar-refractivity contribution >= 4 is 11.6 Å². The molecular formula is C13H17FN2O. The summed E-state index contributed by atoms with van der Waals surface area (Å²) in [7, 11) is 0. The van der Waals surface area contributed by atoms with Crippen LogP contribution in [-0.2, 0) is 4.79 Å². The molecule has 1 fully saturated rings. The number of halogens is 1. The summed E-state index contributed by atoms with van der Waals surface area (Å²) < 4.78 is 13.7. The number of nitrogens with zero attached hydrogens (tertiary/aromatic N) is 2. The van der Waals surface area contributed by atoms with Crippen LogP contribution >= 0.6 is 0 Å². The van der Waals surface area contributed by atoms with Crippen LogP contribution in [0, 0.1) is 5.82 Å². The number of rotatable bonds is 2. The molecule has 0 radical (unpaired) electrons. The molecule has 4 heteroatoms. The van der Waals surface area contributed by atoms with Crippen molar-refractivity contribution < 1.29 is 9.18 Å². The number of hydrogen-bond donors (Lipinski definition) is 0. The molecule has 0 aromatic heterocycles. The molecule has 2 rings (SSSR count). The van der Waals surface area contributed by atoms with Gasteiger partial charge in [-0.05, 0) is 25.0 Å². The van der Waals surface area contributed by atoms with Crippen LogP contribution < -0.4 is 5.01 Å². The van der Waals surface area contributed by atoms with Gasteiger partial charge in [0.25, 0.3) is 0 Å². The van der Waals surface area contributed by atoms with Gasteiger partial charge in [0.2, 0.25) is 5.91 Å². The van der Waals surface area contributed by atoms with Crippen molar-refractivity contribution in [1.29, 1.82) is 0 Å². The van der Waals surface area contributed by atoms with E-state index in [1.165, 1.54) is 24.4 Å². The summed E-state index contributed by atoms with van der Waals surface area (Å²) in [5.74, 6) is -0.495. The molecule has 0 atom stereocenters. The molecule has 0 spiro atoms. The van der Waals surface area contributed by atoms with Crippen LogP contribution in [0.4, 0.5) is 10.1 Å². The van der Waals surface area contributed by atoms with Crippen molar-refractivity contribution in [2.45, 2.75) is 26.2 Å². The number of amides is 1. The maximum atomic E-state index is 13.7. The maximum absolute atomic E-state index is 13.7. The average Bonchev–Trinajstić information content (AvgIpc) is 2.33. The van der Waals surface area contributed by atoms with Gasteiger partial charge in [0.1, 0.15) is 5.82 Å². The van der Waals surface area contributed by atoms with Crippen molar-refractivity contribution in [2.24, 2.45) is 0 Å². The normalized spacial score (nSPS) is 16.8. The van der Waals surface area contributed by atoms with Crippen LogP contribution in [0.1, 0.15) is 26.2 Å². The highest BCUT2D eigenvalue weighted by molar-refractivity contribution is 5.90. The Bertz CT molecular complexity index is 402. The summed E-state index contributed by atoms with van der Waals surface area (Å²) in [6.45, 7) is 3.10. The lowest BCUT2D eigenvalue weighted by atomic mass is 10.1. The summed E-state index contributed by atoms with van der Waals surface area (Å²) in [4.78, 5) is 11.7. The summed E-state index contributed by atoms with van der Waals surface area (Å²) in [5, 5.41) is 3.40. The SMILES string of the molecule is CC(=O)N(c1ccccc1F)N1CCCCC1. The standard InChI is InChI=1S/C13H17FN2O/c1-11(17)16(15-9-5-2-6-10-15)13-8-4-3-7-12(13)14/h3-4,7-8H,2,5-6,9-10H2,1H3. The summed E-state index contributed by atoms with van der Waals surface area (Å²) in [5.41, 5.74) is 0.349. The predicted octanol–water partition coefficient (Wildman–Crippen LogP) is 2.58. The number of piperidine rings is 1. The molecule has 0 N–H and O–H groups in total. The third kappa shape index (κ3) is 2.64. The molecule has 1 heterocycles. The van der Waals surface area contributed by atoms with E-state index in [0.29, 0.717) is 5.69 Å². The first kappa shape index (κ1) is 12.0. The molecule has 1 aliphatic rings. The van der Waals surface area contributed by atoms with Crippen LogP contribution in [0.3, 0.4) is 0 Å². The topological polar surface area (TPSA) is 23.6 Å². The van der Waals surface area contributed by atoms with E-state index in [1.54, 1.807) is 18.2 Å². The highest BCUT2D eigenvalue weighted by atomic mass is 19.1. The van der Waals surface area contributed by atoms with E-state index < -0.39 is 0 Å². The Morgan fingerprint density at radius 3 is 2.47 bits per heavy atom. The van der Waals surface area contributed by atoms with Crippen LogP contribution in [0.2, 0.25) is 0 Å². The third-order valence-electron chi connectivity index (χ3n) is 2.99. The quantitative estimate of drug-likeness (QED) is 0.788. The minimum Gasteiger partial charge on any atom is -0.273 e. The van der Waals surface area contributed by atoms with Crippen molar-refractivity contribution in [3.8, 4) is 0 Å². The fourth-order valence-electron chi connectivity index (χ4n) is 2.22. The van der Waals surface area contributed by atoms with E-state index in [4.69, 9.17) is 0 Å². The fourth-order valence-corrected chi connectivity index (χ4v) is 2.22. The monoisotopic (exact) mass is 236 g/mol. The molecule has 17 heavy (non-hydrogen) atoms. The molecule has 1 saturated heterocycles. The van der Waals surface area contributed by atoms with E-state index >= 15 is 0 Å². The molecule has 3 nitrogen and oxygen atoms in total. The smallest absolute Gasteiger partial charge is 0.238 e. The highest BCUT2D eigenvalue weighted by Crippen LogP contribution is 2.23. The van der Waals surface area contributed by atoms with E-state index in [-0.39, 0.29) is 11.7 Å². The number of anilines is 1. The second-order valence-electron chi connectivity index (χ2n) is 4.30. The Hall–Kier alpha value is -1.42. The van der Waals surface area contributed by atoms with E-state index in [9.17, 15) is 9.18 Å². The van der Waals surface area contributed by atoms with Crippen molar-refractivity contribution in [1.82, 2.24) is 5.01 Å². The number of para-hydroxylation sites is 1. The summed E-state index contributed by atoms with van der Waals surface area (Å²) in [6, 6.07) is 6.41. The lowest BCUT2D eigenvalue weighted by Crippen LogP contribution is -2.48. The second kappa shape index (κ2) is 5.27. The molecule has 92 valence electrons. The first-order valence-electron chi connectivity index (χ1n) is 6.00. The van der Waals surface area contributed by atoms with Crippen molar-refractivity contribution in [2.75, 3.05) is 18.1 Å². The highest BCUT2D eigenvalue weighted by Gasteiger charge is 2.24. The van der Waals surface area contributed by atoms with Gasteiger partial charge in [-0.15, -0.1) is 0 Å². The van der Waals surface area contributed by atoms with Gasteiger partial charge in [-0.1, -0.05) is 18.6 Å². The van der Waals surface area contributed by atoms with E-state index in [0.717, 1.165) is 25.9 Å². The lowest BCUT2D eigenvalue weighted by molar-refractivity contribution is -0.119. The second-order valence-corrected chi connectivity index (χ2v) is 4.30. The number of carbonyl (C=O) groups is 1. The van der Waals surface area contributed by atoms with Crippen LogP contribution in [-0.4, -0.2) is 24.0 Å². The first-order chi connectivity index (χ1) is 8.20. The molecule has 0 saturated carbocycles. The van der Waals surface area contributed by atoms with Crippen LogP contribution in [0.5, 0.6) is 0 Å². The zero-order chi connectivity index (χ0) is 12.3. The Kier molecular flexibility index (Phi) is 3.74. The molecule has 0 bridgehead atoms. The molecule has 1 amide bonds. The minimum atomic E-state index is -0.353. The minimum absolute atomic E-state index is 0.142.